The van der Waals surface area contributed by atoms with E-state index in [0.717, 1.165) is 34.3 Å². The molecule has 0 saturated heterocycles. The number of thiophene rings is 1. The molecule has 0 fully saturated rings. The summed E-state index contributed by atoms with van der Waals surface area (Å²) in [6.45, 7) is 9.12. The molecule has 0 amide bonds. The normalized spacial score (nSPS) is 13.0. The summed E-state index contributed by atoms with van der Waals surface area (Å²) in [4.78, 5) is 12.9. The Balaban J connectivity index is 1.77. The summed E-state index contributed by atoms with van der Waals surface area (Å²) in [6.07, 6.45) is 0. The quantitative estimate of drug-likeness (QED) is 0.653. The highest BCUT2D eigenvalue weighted by Crippen LogP contribution is 2.29. The molecule has 0 aliphatic carbocycles. The largest absolute Gasteiger partial charge is 0.441 e. The van der Waals surface area contributed by atoms with Crippen LogP contribution in [-0.2, 0) is 6.54 Å². The number of aryl methyl sites for hydroxylation is 3. The summed E-state index contributed by atoms with van der Waals surface area (Å²) in [7, 11) is 2.11. The maximum atomic E-state index is 5.83. The Bertz CT molecular complexity index is 789. The van der Waals surface area contributed by atoms with E-state index < -0.39 is 0 Å². The van der Waals surface area contributed by atoms with Crippen LogP contribution in [0.5, 0.6) is 0 Å². The highest BCUT2D eigenvalue weighted by Gasteiger charge is 2.20. The molecule has 0 aliphatic heterocycles. The van der Waals surface area contributed by atoms with Crippen molar-refractivity contribution in [3.8, 4) is 11.5 Å². The summed E-state index contributed by atoms with van der Waals surface area (Å²) >= 11 is 3.41. The van der Waals surface area contributed by atoms with E-state index in [2.05, 4.69) is 48.1 Å². The Morgan fingerprint density at radius 3 is 2.65 bits per heavy atom. The van der Waals surface area contributed by atoms with Crippen molar-refractivity contribution in [1.29, 1.82) is 0 Å². The third kappa shape index (κ3) is 3.39. The molecule has 1 atom stereocenters. The number of hydrogen-bond donors (Lipinski definition) is 0. The van der Waals surface area contributed by atoms with Crippen LogP contribution in [0.15, 0.2) is 21.2 Å². The van der Waals surface area contributed by atoms with Crippen molar-refractivity contribution in [3.63, 3.8) is 0 Å². The molecular weight excluding hydrogens is 326 g/mol. The Kier molecular flexibility index (Phi) is 4.66. The van der Waals surface area contributed by atoms with Gasteiger partial charge in [0.05, 0.1) is 22.4 Å². The van der Waals surface area contributed by atoms with Gasteiger partial charge in [-0.15, -0.1) is 11.3 Å². The van der Waals surface area contributed by atoms with Gasteiger partial charge in [0.2, 0.25) is 5.89 Å². The van der Waals surface area contributed by atoms with E-state index in [-0.39, 0.29) is 6.04 Å². The third-order valence-corrected chi connectivity index (χ3v) is 5.64. The van der Waals surface area contributed by atoms with Crippen molar-refractivity contribution in [1.82, 2.24) is 14.9 Å². The number of aromatic nitrogens is 2. The minimum absolute atomic E-state index is 0.251. The van der Waals surface area contributed by atoms with Crippen LogP contribution in [0.1, 0.15) is 40.0 Å². The fourth-order valence-corrected chi connectivity index (χ4v) is 4.14. The zero-order chi connectivity index (χ0) is 16.6. The highest BCUT2D eigenvalue weighted by atomic mass is 32.1. The average molecular weight is 348 g/mol. The van der Waals surface area contributed by atoms with Gasteiger partial charge in [-0.25, -0.2) is 9.97 Å². The van der Waals surface area contributed by atoms with Crippen LogP contribution in [0.3, 0.4) is 0 Å². The summed E-state index contributed by atoms with van der Waals surface area (Å²) in [5, 5.41) is 5.22. The zero-order valence-electron chi connectivity index (χ0n) is 14.1. The first-order chi connectivity index (χ1) is 11.0. The van der Waals surface area contributed by atoms with Crippen molar-refractivity contribution < 1.29 is 4.42 Å². The molecule has 3 heterocycles. The van der Waals surface area contributed by atoms with E-state index in [1.165, 1.54) is 4.88 Å². The maximum absolute atomic E-state index is 5.83. The maximum Gasteiger partial charge on any atom is 0.227 e. The minimum Gasteiger partial charge on any atom is -0.441 e. The van der Waals surface area contributed by atoms with Gasteiger partial charge in [0.1, 0.15) is 5.76 Å². The topological polar surface area (TPSA) is 42.2 Å². The van der Waals surface area contributed by atoms with Crippen molar-refractivity contribution in [2.45, 2.75) is 40.3 Å². The van der Waals surface area contributed by atoms with Crippen LogP contribution in [-0.4, -0.2) is 21.9 Å². The van der Waals surface area contributed by atoms with Crippen LogP contribution < -0.4 is 0 Å². The van der Waals surface area contributed by atoms with E-state index in [0.29, 0.717) is 5.89 Å². The molecule has 0 unspecified atom stereocenters. The Labute approximate surface area is 144 Å². The molecule has 0 aliphatic rings. The average Bonchev–Trinajstić information content (AvgIpc) is 3.20. The van der Waals surface area contributed by atoms with E-state index >= 15 is 0 Å². The van der Waals surface area contributed by atoms with Crippen LogP contribution in [0, 0.1) is 20.8 Å². The molecule has 3 aromatic rings. The minimum atomic E-state index is 0.251. The summed E-state index contributed by atoms with van der Waals surface area (Å²) < 4.78 is 5.83. The fourth-order valence-electron chi connectivity index (χ4n) is 2.60. The first-order valence-electron chi connectivity index (χ1n) is 7.58. The predicted octanol–water partition coefficient (Wildman–Crippen LogP) is 4.98. The molecule has 6 heteroatoms. The second kappa shape index (κ2) is 6.55. The molecule has 23 heavy (non-hydrogen) atoms. The van der Waals surface area contributed by atoms with E-state index in [9.17, 15) is 0 Å². The van der Waals surface area contributed by atoms with Crippen LogP contribution >= 0.6 is 22.7 Å². The number of hydrogen-bond acceptors (Lipinski definition) is 6. The van der Waals surface area contributed by atoms with Gasteiger partial charge in [-0.2, -0.15) is 11.3 Å². The summed E-state index contributed by atoms with van der Waals surface area (Å²) in [5.74, 6) is 1.59. The molecule has 122 valence electrons. The summed E-state index contributed by atoms with van der Waals surface area (Å²) in [5.41, 5.74) is 3.20. The van der Waals surface area contributed by atoms with Gasteiger partial charge in [-0.3, -0.25) is 4.90 Å². The fraction of sp³-hybridized carbons (Fsp3) is 0.412. The van der Waals surface area contributed by atoms with E-state index in [1.54, 1.807) is 22.7 Å². The van der Waals surface area contributed by atoms with Gasteiger partial charge >= 0.3 is 0 Å². The van der Waals surface area contributed by atoms with Crippen molar-refractivity contribution in [2.75, 3.05) is 7.05 Å². The standard InChI is InChI=1S/C17H21N3OS2/c1-10(16-12(3)23-13(4)18-16)20(5)8-15-11(2)21-17(19-15)14-6-7-22-9-14/h6-7,9-10H,8H2,1-5H3/t10-/m0/s1. The van der Waals surface area contributed by atoms with E-state index in [4.69, 9.17) is 4.42 Å². The van der Waals surface area contributed by atoms with Gasteiger partial charge in [0.15, 0.2) is 0 Å². The molecular formula is C17H21N3OS2. The second-order valence-corrected chi connectivity index (χ2v) is 7.99. The molecule has 0 radical (unpaired) electrons. The van der Waals surface area contributed by atoms with Gasteiger partial charge < -0.3 is 4.42 Å². The van der Waals surface area contributed by atoms with Crippen LogP contribution in [0.2, 0.25) is 0 Å². The van der Waals surface area contributed by atoms with Gasteiger partial charge in [0.25, 0.3) is 0 Å². The predicted molar refractivity (Wildman–Crippen MR) is 96.0 cm³/mol. The molecule has 0 bridgehead atoms. The molecule has 0 aromatic carbocycles. The Morgan fingerprint density at radius 1 is 1.26 bits per heavy atom. The van der Waals surface area contributed by atoms with Crippen molar-refractivity contribution in [3.05, 3.63) is 43.9 Å². The lowest BCUT2D eigenvalue weighted by molar-refractivity contribution is 0.245. The molecule has 3 aromatic heterocycles. The number of rotatable bonds is 5. The van der Waals surface area contributed by atoms with Crippen molar-refractivity contribution in [2.24, 2.45) is 0 Å². The van der Waals surface area contributed by atoms with Gasteiger partial charge in [-0.05, 0) is 46.2 Å². The lowest BCUT2D eigenvalue weighted by Gasteiger charge is -2.23. The zero-order valence-corrected chi connectivity index (χ0v) is 15.7. The highest BCUT2D eigenvalue weighted by molar-refractivity contribution is 7.11. The number of oxazole rings is 1. The Hall–Kier alpha value is -1.50. The SMILES string of the molecule is Cc1nc([C@H](C)N(C)Cc2nc(-c3ccsc3)oc2C)c(C)s1. The second-order valence-electron chi connectivity index (χ2n) is 5.80. The van der Waals surface area contributed by atoms with Crippen LogP contribution in [0.4, 0.5) is 0 Å². The number of nitrogens with zero attached hydrogens (tertiary/aromatic N) is 3. The van der Waals surface area contributed by atoms with Crippen LogP contribution in [0.25, 0.3) is 11.5 Å². The number of thiazole rings is 1. The molecule has 4 nitrogen and oxygen atoms in total. The third-order valence-electron chi connectivity index (χ3n) is 4.06. The smallest absolute Gasteiger partial charge is 0.227 e. The molecule has 0 spiro atoms. The molecule has 3 rings (SSSR count). The molecule has 0 N–H and O–H groups in total. The Morgan fingerprint density at radius 2 is 2.04 bits per heavy atom. The summed E-state index contributed by atoms with van der Waals surface area (Å²) in [6, 6.07) is 2.29. The van der Waals surface area contributed by atoms with Gasteiger partial charge in [-0.1, -0.05) is 0 Å². The van der Waals surface area contributed by atoms with Gasteiger partial charge in [0, 0.05) is 22.4 Å². The monoisotopic (exact) mass is 347 g/mol. The van der Waals surface area contributed by atoms with Crippen molar-refractivity contribution >= 4 is 22.7 Å². The first-order valence-corrected chi connectivity index (χ1v) is 9.34. The first kappa shape index (κ1) is 16.4. The lowest BCUT2D eigenvalue weighted by atomic mass is 10.2. The molecule has 0 saturated carbocycles. The van der Waals surface area contributed by atoms with E-state index in [1.807, 2.05) is 18.4 Å². The lowest BCUT2D eigenvalue weighted by Crippen LogP contribution is -2.23.